The number of carbonyl (C=O) groups is 4. The van der Waals surface area contributed by atoms with Crippen molar-refractivity contribution < 1.29 is 23.9 Å². The van der Waals surface area contributed by atoms with E-state index >= 15 is 0 Å². The monoisotopic (exact) mass is 558 g/mol. The molecule has 4 amide bonds. The second-order valence-electron chi connectivity index (χ2n) is 11.9. The standard InChI is InChI=1S/C30H34N6O5/c1-30(2,3)41-29(40)34-13-11-20(12-14-34)35-17-19(16-32-35)31-15-18-7-8-23-26-21(18)5-4-6-22(26)28(39)36(23)24-9-10-25(37)33-27(24)38/h4-8,16-17,20,24,31H,9-15H2,1-3H3,(H,33,37,38). The van der Waals surface area contributed by atoms with E-state index < -0.39 is 17.6 Å². The maximum absolute atomic E-state index is 13.4. The summed E-state index contributed by atoms with van der Waals surface area (Å²) in [6.07, 6.45) is 5.62. The number of aromatic nitrogens is 2. The number of ether oxygens (including phenoxy) is 1. The molecule has 11 heteroatoms. The van der Waals surface area contributed by atoms with E-state index in [0.717, 1.165) is 34.9 Å². The highest BCUT2D eigenvalue weighted by Gasteiger charge is 2.40. The van der Waals surface area contributed by atoms with Crippen molar-refractivity contribution in [3.05, 3.63) is 53.9 Å². The second-order valence-corrected chi connectivity index (χ2v) is 11.9. The van der Waals surface area contributed by atoms with Gasteiger partial charge in [-0.3, -0.25) is 29.3 Å². The minimum atomic E-state index is -0.707. The zero-order chi connectivity index (χ0) is 28.9. The molecule has 3 aromatic rings. The predicted molar refractivity (Wildman–Crippen MR) is 153 cm³/mol. The number of amides is 4. The van der Waals surface area contributed by atoms with Crippen molar-refractivity contribution in [3.63, 3.8) is 0 Å². The van der Waals surface area contributed by atoms with Crippen molar-refractivity contribution in [3.8, 4) is 0 Å². The van der Waals surface area contributed by atoms with E-state index in [-0.39, 0.29) is 30.4 Å². The summed E-state index contributed by atoms with van der Waals surface area (Å²) in [7, 11) is 0. The van der Waals surface area contributed by atoms with Gasteiger partial charge in [-0.2, -0.15) is 5.10 Å². The number of nitrogens with one attached hydrogen (secondary N) is 2. The Morgan fingerprint density at radius 3 is 2.61 bits per heavy atom. The molecule has 2 saturated heterocycles. The Hall–Kier alpha value is -4.41. The molecule has 1 aromatic heterocycles. The van der Waals surface area contributed by atoms with E-state index in [4.69, 9.17) is 4.74 Å². The molecule has 41 heavy (non-hydrogen) atoms. The predicted octanol–water partition coefficient (Wildman–Crippen LogP) is 3.99. The molecule has 0 bridgehead atoms. The molecular weight excluding hydrogens is 524 g/mol. The van der Waals surface area contributed by atoms with E-state index in [2.05, 4.69) is 15.7 Å². The van der Waals surface area contributed by atoms with Crippen LogP contribution in [-0.4, -0.2) is 63.2 Å². The van der Waals surface area contributed by atoms with Crippen LogP contribution >= 0.6 is 0 Å². The van der Waals surface area contributed by atoms with Crippen LogP contribution < -0.4 is 15.5 Å². The van der Waals surface area contributed by atoms with Crippen molar-refractivity contribution >= 4 is 46.0 Å². The number of rotatable bonds is 5. The zero-order valence-corrected chi connectivity index (χ0v) is 23.5. The molecule has 11 nitrogen and oxygen atoms in total. The number of anilines is 2. The van der Waals surface area contributed by atoms with Gasteiger partial charge in [-0.05, 0) is 63.1 Å². The molecule has 1 atom stereocenters. The third-order valence-electron chi connectivity index (χ3n) is 7.91. The fraction of sp³-hybridized carbons (Fsp3) is 0.433. The van der Waals surface area contributed by atoms with Crippen LogP contribution in [0.3, 0.4) is 0 Å². The lowest BCUT2D eigenvalue weighted by Gasteiger charge is -2.33. The minimum absolute atomic E-state index is 0.199. The lowest BCUT2D eigenvalue weighted by atomic mass is 10.00. The molecule has 4 heterocycles. The van der Waals surface area contributed by atoms with Crippen molar-refractivity contribution in [1.29, 1.82) is 0 Å². The van der Waals surface area contributed by atoms with Gasteiger partial charge in [0.25, 0.3) is 5.91 Å². The lowest BCUT2D eigenvalue weighted by molar-refractivity contribution is -0.134. The molecule has 0 saturated carbocycles. The molecule has 0 aliphatic carbocycles. The first-order chi connectivity index (χ1) is 19.6. The summed E-state index contributed by atoms with van der Waals surface area (Å²) in [4.78, 5) is 53.3. The Morgan fingerprint density at radius 1 is 1.10 bits per heavy atom. The number of hydrogen-bond donors (Lipinski definition) is 2. The van der Waals surface area contributed by atoms with Gasteiger partial charge < -0.3 is 15.0 Å². The Kier molecular flexibility index (Phi) is 6.67. The van der Waals surface area contributed by atoms with Crippen LogP contribution in [-0.2, 0) is 20.9 Å². The molecule has 3 aliphatic rings. The summed E-state index contributed by atoms with van der Waals surface area (Å²) in [6, 6.07) is 8.99. The number of nitrogens with zero attached hydrogens (tertiary/aromatic N) is 4. The number of likely N-dealkylation sites (tertiary alicyclic amines) is 1. The third-order valence-corrected chi connectivity index (χ3v) is 7.91. The van der Waals surface area contributed by atoms with Crippen LogP contribution in [0.25, 0.3) is 10.8 Å². The largest absolute Gasteiger partial charge is 0.444 e. The van der Waals surface area contributed by atoms with E-state index in [0.29, 0.717) is 37.3 Å². The molecule has 0 radical (unpaired) electrons. The van der Waals surface area contributed by atoms with Gasteiger partial charge in [-0.1, -0.05) is 18.2 Å². The van der Waals surface area contributed by atoms with Crippen LogP contribution in [0.4, 0.5) is 16.2 Å². The minimum Gasteiger partial charge on any atom is -0.444 e. The van der Waals surface area contributed by atoms with Gasteiger partial charge in [-0.25, -0.2) is 4.79 Å². The number of piperidine rings is 2. The summed E-state index contributed by atoms with van der Waals surface area (Å²) in [5, 5.41) is 12.2. The molecule has 1 unspecified atom stereocenters. The first-order valence-electron chi connectivity index (χ1n) is 14.1. The van der Waals surface area contributed by atoms with E-state index in [1.807, 2.05) is 55.9 Å². The SMILES string of the molecule is CC(C)(C)OC(=O)N1CCC(n2cc(NCc3ccc4c5c(cccc35)C(=O)N4C3CCC(=O)NC3=O)cn2)CC1. The molecule has 2 fully saturated rings. The fourth-order valence-corrected chi connectivity index (χ4v) is 5.92. The van der Waals surface area contributed by atoms with Gasteiger partial charge in [0.1, 0.15) is 11.6 Å². The topological polar surface area (TPSA) is 126 Å². The van der Waals surface area contributed by atoms with Crippen molar-refractivity contribution in [2.24, 2.45) is 0 Å². The van der Waals surface area contributed by atoms with Crippen LogP contribution in [0, 0.1) is 0 Å². The average molecular weight is 559 g/mol. The van der Waals surface area contributed by atoms with Gasteiger partial charge in [-0.15, -0.1) is 0 Å². The average Bonchev–Trinajstić information content (AvgIpc) is 3.52. The summed E-state index contributed by atoms with van der Waals surface area (Å²) in [5.41, 5.74) is 2.65. The Balaban J connectivity index is 1.13. The van der Waals surface area contributed by atoms with Gasteiger partial charge in [0.05, 0.1) is 23.6 Å². The van der Waals surface area contributed by atoms with E-state index in [9.17, 15) is 19.2 Å². The maximum Gasteiger partial charge on any atom is 0.410 e. The number of imide groups is 1. The van der Waals surface area contributed by atoms with E-state index in [1.165, 1.54) is 4.90 Å². The zero-order valence-electron chi connectivity index (χ0n) is 23.5. The Morgan fingerprint density at radius 2 is 1.88 bits per heavy atom. The molecular formula is C30H34N6O5. The van der Waals surface area contributed by atoms with Crippen LogP contribution in [0.5, 0.6) is 0 Å². The number of carbonyl (C=O) groups excluding carboxylic acids is 4. The van der Waals surface area contributed by atoms with Crippen molar-refractivity contribution in [2.45, 2.75) is 70.7 Å². The smallest absolute Gasteiger partial charge is 0.410 e. The normalized spacial score (nSPS) is 19.6. The van der Waals surface area contributed by atoms with Gasteiger partial charge in [0.2, 0.25) is 11.8 Å². The van der Waals surface area contributed by atoms with Crippen LogP contribution in [0.15, 0.2) is 42.7 Å². The summed E-state index contributed by atoms with van der Waals surface area (Å²) in [5.74, 6) is -0.963. The van der Waals surface area contributed by atoms with Crippen LogP contribution in [0.1, 0.15) is 68.4 Å². The number of hydrogen-bond acceptors (Lipinski definition) is 7. The highest BCUT2D eigenvalue weighted by Crippen LogP contribution is 2.41. The summed E-state index contributed by atoms with van der Waals surface area (Å²) < 4.78 is 7.46. The molecule has 3 aliphatic heterocycles. The van der Waals surface area contributed by atoms with Gasteiger partial charge >= 0.3 is 6.09 Å². The fourth-order valence-electron chi connectivity index (χ4n) is 5.92. The Bertz CT molecular complexity index is 1550. The molecule has 6 rings (SSSR count). The number of benzene rings is 2. The van der Waals surface area contributed by atoms with Crippen molar-refractivity contribution in [2.75, 3.05) is 23.3 Å². The van der Waals surface area contributed by atoms with Gasteiger partial charge in [0, 0.05) is 43.2 Å². The molecule has 2 aromatic carbocycles. The molecule has 2 N–H and O–H groups in total. The van der Waals surface area contributed by atoms with E-state index in [1.54, 1.807) is 17.2 Å². The lowest BCUT2D eigenvalue weighted by Crippen LogP contribution is -2.53. The van der Waals surface area contributed by atoms with Crippen molar-refractivity contribution in [1.82, 2.24) is 20.0 Å². The highest BCUT2D eigenvalue weighted by atomic mass is 16.6. The van der Waals surface area contributed by atoms with Crippen LogP contribution in [0.2, 0.25) is 0 Å². The molecule has 0 spiro atoms. The summed E-state index contributed by atoms with van der Waals surface area (Å²) in [6.45, 7) is 7.38. The first kappa shape index (κ1) is 26.8. The Labute approximate surface area is 237 Å². The first-order valence-corrected chi connectivity index (χ1v) is 14.1. The molecule has 214 valence electrons. The quantitative estimate of drug-likeness (QED) is 0.454. The van der Waals surface area contributed by atoms with Gasteiger partial charge in [0.15, 0.2) is 0 Å². The maximum atomic E-state index is 13.4. The third kappa shape index (κ3) is 5.12. The summed E-state index contributed by atoms with van der Waals surface area (Å²) >= 11 is 0. The second kappa shape index (κ2) is 10.2. The highest BCUT2D eigenvalue weighted by molar-refractivity contribution is 6.27.